The lowest BCUT2D eigenvalue weighted by Gasteiger charge is -2.32. The molecule has 2 aromatic rings. The van der Waals surface area contributed by atoms with Gasteiger partial charge in [-0.05, 0) is 55.5 Å². The summed E-state index contributed by atoms with van der Waals surface area (Å²) >= 11 is 0. The molecule has 1 saturated heterocycles. The van der Waals surface area contributed by atoms with Crippen LogP contribution >= 0.6 is 0 Å². The van der Waals surface area contributed by atoms with Crippen molar-refractivity contribution in [1.29, 1.82) is 5.26 Å². The van der Waals surface area contributed by atoms with Gasteiger partial charge in [0.1, 0.15) is 0 Å². The highest BCUT2D eigenvalue weighted by Gasteiger charge is 2.23. The first-order valence-electron chi connectivity index (χ1n) is 8.84. The molecule has 0 saturated carbocycles. The van der Waals surface area contributed by atoms with Gasteiger partial charge in [0.05, 0.1) is 18.2 Å². The van der Waals surface area contributed by atoms with Gasteiger partial charge >= 0.3 is 0 Å². The van der Waals surface area contributed by atoms with Gasteiger partial charge in [0.2, 0.25) is 0 Å². The highest BCUT2D eigenvalue weighted by molar-refractivity contribution is 5.94. The molecule has 0 bridgehead atoms. The number of piperidine rings is 1. The van der Waals surface area contributed by atoms with Crippen molar-refractivity contribution in [3.63, 3.8) is 0 Å². The van der Waals surface area contributed by atoms with Crippen molar-refractivity contribution in [1.82, 2.24) is 4.90 Å². The van der Waals surface area contributed by atoms with E-state index in [9.17, 15) is 9.18 Å². The van der Waals surface area contributed by atoms with E-state index in [1.165, 1.54) is 6.07 Å². The molecule has 26 heavy (non-hydrogen) atoms. The Hall–Kier alpha value is -2.87. The monoisotopic (exact) mass is 352 g/mol. The average molecular weight is 352 g/mol. The SMILES string of the molecule is N#Cc1cccc(C(=O)N2CCC(CCOc3ccccc3F)CC2)c1. The zero-order valence-corrected chi connectivity index (χ0v) is 14.5. The maximum atomic E-state index is 13.5. The van der Waals surface area contributed by atoms with Crippen molar-refractivity contribution in [2.45, 2.75) is 19.3 Å². The fourth-order valence-corrected chi connectivity index (χ4v) is 3.23. The Kier molecular flexibility index (Phi) is 5.85. The lowest BCUT2D eigenvalue weighted by atomic mass is 9.93. The quantitative estimate of drug-likeness (QED) is 0.817. The summed E-state index contributed by atoms with van der Waals surface area (Å²) in [7, 11) is 0. The van der Waals surface area contributed by atoms with Crippen LogP contribution in [0.3, 0.4) is 0 Å². The summed E-state index contributed by atoms with van der Waals surface area (Å²) in [4.78, 5) is 14.4. The maximum absolute atomic E-state index is 13.5. The van der Waals surface area contributed by atoms with E-state index in [4.69, 9.17) is 10.00 Å². The molecule has 4 nitrogen and oxygen atoms in total. The standard InChI is InChI=1S/C21H21FN2O2/c22-19-6-1-2-7-20(19)26-13-10-16-8-11-24(12-9-16)21(25)18-5-3-4-17(14-18)15-23/h1-7,14,16H,8-13H2. The first kappa shape index (κ1) is 17.9. The van der Waals surface area contributed by atoms with Gasteiger partial charge in [0.25, 0.3) is 5.91 Å². The molecule has 0 spiro atoms. The highest BCUT2D eigenvalue weighted by Crippen LogP contribution is 2.23. The van der Waals surface area contributed by atoms with Crippen LogP contribution in [0, 0.1) is 23.1 Å². The number of carbonyl (C=O) groups excluding carboxylic acids is 1. The first-order valence-corrected chi connectivity index (χ1v) is 8.84. The predicted molar refractivity (Wildman–Crippen MR) is 96.3 cm³/mol. The molecule has 1 heterocycles. The zero-order valence-electron chi connectivity index (χ0n) is 14.5. The van der Waals surface area contributed by atoms with Gasteiger partial charge in [-0.3, -0.25) is 4.79 Å². The zero-order chi connectivity index (χ0) is 18.4. The molecular formula is C21H21FN2O2. The van der Waals surface area contributed by atoms with Gasteiger partial charge in [0.15, 0.2) is 11.6 Å². The fraction of sp³-hybridized carbons (Fsp3) is 0.333. The number of hydrogen-bond acceptors (Lipinski definition) is 3. The maximum Gasteiger partial charge on any atom is 0.253 e. The average Bonchev–Trinajstić information content (AvgIpc) is 2.69. The lowest BCUT2D eigenvalue weighted by molar-refractivity contribution is 0.0679. The van der Waals surface area contributed by atoms with Crippen molar-refractivity contribution in [3.05, 3.63) is 65.5 Å². The number of halogens is 1. The second-order valence-corrected chi connectivity index (χ2v) is 6.50. The molecule has 2 aromatic carbocycles. The number of nitriles is 1. The van der Waals surface area contributed by atoms with Crippen LogP contribution in [0.1, 0.15) is 35.2 Å². The van der Waals surface area contributed by atoms with Crippen molar-refractivity contribution in [3.8, 4) is 11.8 Å². The van der Waals surface area contributed by atoms with Gasteiger partial charge in [0, 0.05) is 18.7 Å². The largest absolute Gasteiger partial charge is 0.491 e. The Morgan fingerprint density at radius 3 is 2.69 bits per heavy atom. The molecule has 1 aliphatic heterocycles. The number of likely N-dealkylation sites (tertiary alicyclic amines) is 1. The fourth-order valence-electron chi connectivity index (χ4n) is 3.23. The number of benzene rings is 2. The number of amides is 1. The summed E-state index contributed by atoms with van der Waals surface area (Å²) in [6.07, 6.45) is 2.66. The highest BCUT2D eigenvalue weighted by atomic mass is 19.1. The molecule has 1 amide bonds. The molecular weight excluding hydrogens is 331 g/mol. The molecule has 0 unspecified atom stereocenters. The van der Waals surface area contributed by atoms with Gasteiger partial charge < -0.3 is 9.64 Å². The number of nitrogens with zero attached hydrogens (tertiary/aromatic N) is 2. The third kappa shape index (κ3) is 4.40. The van der Waals surface area contributed by atoms with Crippen LogP contribution in [-0.2, 0) is 0 Å². The van der Waals surface area contributed by atoms with E-state index in [0.717, 1.165) is 19.3 Å². The van der Waals surface area contributed by atoms with E-state index >= 15 is 0 Å². The van der Waals surface area contributed by atoms with E-state index in [1.54, 1.807) is 42.5 Å². The molecule has 1 aliphatic rings. The van der Waals surface area contributed by atoms with Crippen LogP contribution in [0.4, 0.5) is 4.39 Å². The smallest absolute Gasteiger partial charge is 0.253 e. The minimum absolute atomic E-state index is 0.0249. The summed E-state index contributed by atoms with van der Waals surface area (Å²) in [5, 5.41) is 8.96. The molecule has 134 valence electrons. The Bertz CT molecular complexity index is 808. The Labute approximate surface area is 152 Å². The number of ether oxygens (including phenoxy) is 1. The minimum Gasteiger partial charge on any atom is -0.491 e. The van der Waals surface area contributed by atoms with Crippen molar-refractivity contribution in [2.24, 2.45) is 5.92 Å². The molecule has 3 rings (SSSR count). The third-order valence-corrected chi connectivity index (χ3v) is 4.76. The second kappa shape index (κ2) is 8.48. The molecule has 5 heteroatoms. The normalized spacial score (nSPS) is 14.7. The molecule has 0 atom stereocenters. The summed E-state index contributed by atoms with van der Waals surface area (Å²) in [6.45, 7) is 1.86. The van der Waals surface area contributed by atoms with Crippen LogP contribution in [-0.4, -0.2) is 30.5 Å². The van der Waals surface area contributed by atoms with E-state index in [-0.39, 0.29) is 17.5 Å². The van der Waals surface area contributed by atoms with Crippen LogP contribution in [0.2, 0.25) is 0 Å². The van der Waals surface area contributed by atoms with Crippen molar-refractivity contribution < 1.29 is 13.9 Å². The van der Waals surface area contributed by atoms with Crippen LogP contribution < -0.4 is 4.74 Å². The summed E-state index contributed by atoms with van der Waals surface area (Å²) in [6, 6.07) is 15.3. The predicted octanol–water partition coefficient (Wildman–Crippen LogP) is 4.02. The van der Waals surface area contributed by atoms with E-state index in [0.29, 0.717) is 36.7 Å². The molecule has 0 aromatic heterocycles. The number of carbonyl (C=O) groups is 1. The topological polar surface area (TPSA) is 53.3 Å². The van der Waals surface area contributed by atoms with Gasteiger partial charge in [-0.25, -0.2) is 4.39 Å². The van der Waals surface area contributed by atoms with E-state index in [1.807, 2.05) is 4.90 Å². The van der Waals surface area contributed by atoms with Gasteiger partial charge in [-0.15, -0.1) is 0 Å². The Morgan fingerprint density at radius 2 is 1.96 bits per heavy atom. The Balaban J connectivity index is 1.46. The summed E-state index contributed by atoms with van der Waals surface area (Å²) in [5.74, 6) is 0.393. The van der Waals surface area contributed by atoms with Crippen LogP contribution in [0.25, 0.3) is 0 Å². The Morgan fingerprint density at radius 1 is 1.19 bits per heavy atom. The number of para-hydroxylation sites is 1. The van der Waals surface area contributed by atoms with Gasteiger partial charge in [-0.2, -0.15) is 5.26 Å². The number of rotatable bonds is 5. The summed E-state index contributed by atoms with van der Waals surface area (Å²) < 4.78 is 19.0. The van der Waals surface area contributed by atoms with Crippen LogP contribution in [0.15, 0.2) is 48.5 Å². The van der Waals surface area contributed by atoms with Crippen molar-refractivity contribution >= 4 is 5.91 Å². The molecule has 0 N–H and O–H groups in total. The van der Waals surface area contributed by atoms with E-state index in [2.05, 4.69) is 6.07 Å². The minimum atomic E-state index is -0.340. The molecule has 0 aliphatic carbocycles. The second-order valence-electron chi connectivity index (χ2n) is 6.50. The van der Waals surface area contributed by atoms with Crippen molar-refractivity contribution in [2.75, 3.05) is 19.7 Å². The lowest BCUT2D eigenvalue weighted by Crippen LogP contribution is -2.38. The third-order valence-electron chi connectivity index (χ3n) is 4.76. The van der Waals surface area contributed by atoms with Gasteiger partial charge in [-0.1, -0.05) is 18.2 Å². The summed E-state index contributed by atoms with van der Waals surface area (Å²) in [5.41, 5.74) is 1.06. The molecule has 0 radical (unpaired) electrons. The molecule has 1 fully saturated rings. The van der Waals surface area contributed by atoms with Crippen LogP contribution in [0.5, 0.6) is 5.75 Å². The first-order chi connectivity index (χ1) is 12.7. The van der Waals surface area contributed by atoms with E-state index < -0.39 is 0 Å². The number of hydrogen-bond donors (Lipinski definition) is 0.